The van der Waals surface area contributed by atoms with Gasteiger partial charge in [0.15, 0.2) is 0 Å². The zero-order chi connectivity index (χ0) is 11.6. The summed E-state index contributed by atoms with van der Waals surface area (Å²) >= 11 is 2.85. The number of pyridine rings is 1. The van der Waals surface area contributed by atoms with Crippen LogP contribution in [0.3, 0.4) is 0 Å². The summed E-state index contributed by atoms with van der Waals surface area (Å²) in [6.07, 6.45) is -1.79. The quantitative estimate of drug-likeness (QED) is 0.843. The van der Waals surface area contributed by atoms with E-state index < -0.39 is 18.1 Å². The molecule has 7 heteroatoms. The molecule has 0 unspecified atom stereocenters. The lowest BCUT2D eigenvalue weighted by Crippen LogP contribution is -2.09. The van der Waals surface area contributed by atoms with Gasteiger partial charge >= 0.3 is 5.97 Å². The Morgan fingerprint density at radius 3 is 2.73 bits per heavy atom. The van der Waals surface area contributed by atoms with Crippen molar-refractivity contribution < 1.29 is 18.3 Å². The average molecular weight is 281 g/mol. The molecule has 0 radical (unpaired) electrons. The zero-order valence-corrected chi connectivity index (χ0v) is 9.22. The average Bonchev–Trinajstić information content (AvgIpc) is 2.20. The van der Waals surface area contributed by atoms with Gasteiger partial charge in [-0.3, -0.25) is 4.98 Å². The molecule has 0 spiro atoms. The van der Waals surface area contributed by atoms with Crippen molar-refractivity contribution in [2.24, 2.45) is 0 Å². The molecule has 0 atom stereocenters. The van der Waals surface area contributed by atoms with Gasteiger partial charge in [-0.05, 0) is 15.9 Å². The number of carbonyl (C=O) groups excluding carboxylic acids is 1. The number of ether oxygens (including phenoxy) is 1. The normalized spacial score (nSPS) is 10.5. The lowest BCUT2D eigenvalue weighted by Gasteiger charge is -2.08. The van der Waals surface area contributed by atoms with Crippen molar-refractivity contribution in [1.29, 1.82) is 0 Å². The summed E-state index contributed by atoms with van der Waals surface area (Å²) in [6.45, 7) is 0. The van der Waals surface area contributed by atoms with Gasteiger partial charge < -0.3 is 10.5 Å². The number of rotatable bonds is 2. The van der Waals surface area contributed by atoms with Crippen molar-refractivity contribution in [2.75, 3.05) is 12.8 Å². The van der Waals surface area contributed by atoms with Crippen molar-refractivity contribution in [2.45, 2.75) is 6.43 Å². The molecule has 1 aromatic rings. The molecule has 4 nitrogen and oxygen atoms in total. The van der Waals surface area contributed by atoms with Crippen LogP contribution in [-0.2, 0) is 4.74 Å². The number of halogens is 3. The maximum atomic E-state index is 12.4. The molecule has 0 bridgehead atoms. The van der Waals surface area contributed by atoms with E-state index in [2.05, 4.69) is 25.7 Å². The number of hydrogen-bond acceptors (Lipinski definition) is 4. The molecule has 0 aromatic carbocycles. The minimum absolute atomic E-state index is 0.0474. The van der Waals surface area contributed by atoms with Gasteiger partial charge in [0.1, 0.15) is 11.3 Å². The van der Waals surface area contributed by atoms with Crippen molar-refractivity contribution in [3.8, 4) is 0 Å². The molecule has 15 heavy (non-hydrogen) atoms. The lowest BCUT2D eigenvalue weighted by molar-refractivity contribution is 0.0600. The molecule has 0 amide bonds. The molecule has 0 saturated heterocycles. The van der Waals surface area contributed by atoms with Gasteiger partial charge in [0.25, 0.3) is 6.43 Å². The predicted molar refractivity (Wildman–Crippen MR) is 52.6 cm³/mol. The van der Waals surface area contributed by atoms with Gasteiger partial charge in [-0.25, -0.2) is 13.6 Å². The molecule has 0 saturated carbocycles. The Bertz CT molecular complexity index is 398. The number of nitrogens with zero attached hydrogens (tertiary/aromatic N) is 1. The first-order valence-electron chi connectivity index (χ1n) is 3.79. The first-order chi connectivity index (χ1) is 6.99. The van der Waals surface area contributed by atoms with E-state index in [0.717, 1.165) is 13.3 Å². The smallest absolute Gasteiger partial charge is 0.341 e. The Kier molecular flexibility index (Phi) is 3.57. The summed E-state index contributed by atoms with van der Waals surface area (Å²) in [5.41, 5.74) is 4.82. The third-order valence-electron chi connectivity index (χ3n) is 1.70. The van der Waals surface area contributed by atoms with Gasteiger partial charge in [-0.15, -0.1) is 0 Å². The van der Waals surface area contributed by atoms with Crippen LogP contribution in [-0.4, -0.2) is 18.1 Å². The first-order valence-corrected chi connectivity index (χ1v) is 4.58. The topological polar surface area (TPSA) is 65.2 Å². The summed E-state index contributed by atoms with van der Waals surface area (Å²) in [5, 5.41) is 0. The highest BCUT2D eigenvalue weighted by Crippen LogP contribution is 2.31. The van der Waals surface area contributed by atoms with Crippen molar-refractivity contribution >= 4 is 27.6 Å². The highest BCUT2D eigenvalue weighted by atomic mass is 79.9. The van der Waals surface area contributed by atoms with Crippen LogP contribution >= 0.6 is 15.9 Å². The fourth-order valence-electron chi connectivity index (χ4n) is 0.941. The van der Waals surface area contributed by atoms with Crippen LogP contribution < -0.4 is 5.73 Å². The van der Waals surface area contributed by atoms with Crippen LogP contribution in [0.25, 0.3) is 0 Å². The molecule has 1 heterocycles. The maximum absolute atomic E-state index is 12.4. The van der Waals surface area contributed by atoms with Crippen LogP contribution in [0.5, 0.6) is 0 Å². The van der Waals surface area contributed by atoms with E-state index in [1.165, 1.54) is 0 Å². The zero-order valence-electron chi connectivity index (χ0n) is 7.63. The molecule has 2 N–H and O–H groups in total. The Morgan fingerprint density at radius 1 is 1.67 bits per heavy atom. The third-order valence-corrected chi connectivity index (χ3v) is 2.53. The highest BCUT2D eigenvalue weighted by molar-refractivity contribution is 9.10. The molecule has 82 valence electrons. The Hall–Kier alpha value is -1.24. The summed E-state index contributed by atoms with van der Waals surface area (Å²) in [4.78, 5) is 14.5. The SMILES string of the molecule is COC(=O)c1cnc(C(F)F)c(Br)c1N. The van der Waals surface area contributed by atoms with Crippen LogP contribution in [0.2, 0.25) is 0 Å². The number of aromatic nitrogens is 1. The largest absolute Gasteiger partial charge is 0.465 e. The Morgan fingerprint density at radius 2 is 2.27 bits per heavy atom. The van der Waals surface area contributed by atoms with Crippen LogP contribution in [0.15, 0.2) is 10.7 Å². The van der Waals surface area contributed by atoms with Gasteiger partial charge in [-0.2, -0.15) is 0 Å². The molecule has 1 rings (SSSR count). The fraction of sp³-hybridized carbons (Fsp3) is 0.250. The van der Waals surface area contributed by atoms with Crippen molar-refractivity contribution in [3.63, 3.8) is 0 Å². The second kappa shape index (κ2) is 4.52. The summed E-state index contributed by atoms with van der Waals surface area (Å²) < 4.78 is 29.0. The second-order valence-electron chi connectivity index (χ2n) is 2.58. The number of carbonyl (C=O) groups is 1. The third kappa shape index (κ3) is 2.23. The number of nitrogen functional groups attached to an aromatic ring is 1. The van der Waals surface area contributed by atoms with E-state index in [4.69, 9.17) is 5.73 Å². The standard InChI is InChI=1S/C8H7BrF2N2O2/c1-15-8(14)3-2-13-6(7(10)11)4(9)5(3)12/h2,7H,1H3,(H2,12,13). The molecule has 0 aliphatic rings. The van der Waals surface area contributed by atoms with Crippen molar-refractivity contribution in [3.05, 3.63) is 21.9 Å². The number of methoxy groups -OCH3 is 1. The summed E-state index contributed by atoms with van der Waals surface area (Å²) in [6, 6.07) is 0. The molecule has 0 fully saturated rings. The predicted octanol–water partition coefficient (Wildman–Crippen LogP) is 2.15. The fourth-order valence-corrected chi connectivity index (χ4v) is 1.43. The van der Waals surface area contributed by atoms with Gasteiger partial charge in [0.2, 0.25) is 0 Å². The van der Waals surface area contributed by atoms with Crippen LogP contribution in [0, 0.1) is 0 Å². The van der Waals surface area contributed by atoms with E-state index >= 15 is 0 Å². The number of hydrogen-bond donors (Lipinski definition) is 1. The molecule has 1 aromatic heterocycles. The minimum Gasteiger partial charge on any atom is -0.465 e. The minimum atomic E-state index is -2.76. The van der Waals surface area contributed by atoms with E-state index in [1.54, 1.807) is 0 Å². The molecule has 0 aliphatic heterocycles. The Labute approximate surface area is 92.6 Å². The van der Waals surface area contributed by atoms with Crippen molar-refractivity contribution in [1.82, 2.24) is 4.98 Å². The van der Waals surface area contributed by atoms with Gasteiger partial charge in [0, 0.05) is 6.20 Å². The van der Waals surface area contributed by atoms with E-state index in [1.807, 2.05) is 0 Å². The van der Waals surface area contributed by atoms with Crippen LogP contribution in [0.4, 0.5) is 14.5 Å². The number of anilines is 1. The number of esters is 1. The molecular formula is C8H7BrF2N2O2. The van der Waals surface area contributed by atoms with E-state index in [9.17, 15) is 13.6 Å². The number of nitrogens with two attached hydrogens (primary N) is 1. The highest BCUT2D eigenvalue weighted by Gasteiger charge is 2.20. The monoisotopic (exact) mass is 280 g/mol. The van der Waals surface area contributed by atoms with E-state index in [0.29, 0.717) is 0 Å². The summed E-state index contributed by atoms with van der Waals surface area (Å²) in [7, 11) is 1.16. The second-order valence-corrected chi connectivity index (χ2v) is 3.37. The lowest BCUT2D eigenvalue weighted by atomic mass is 10.2. The molecule has 0 aliphatic carbocycles. The van der Waals surface area contributed by atoms with Crippen LogP contribution in [0.1, 0.15) is 22.5 Å². The molecular weight excluding hydrogens is 274 g/mol. The number of alkyl halides is 2. The first kappa shape index (κ1) is 11.8. The van der Waals surface area contributed by atoms with Gasteiger partial charge in [-0.1, -0.05) is 0 Å². The van der Waals surface area contributed by atoms with E-state index in [-0.39, 0.29) is 15.7 Å². The van der Waals surface area contributed by atoms with Gasteiger partial charge in [0.05, 0.1) is 17.3 Å². The maximum Gasteiger partial charge on any atom is 0.341 e. The Balaban J connectivity index is 3.27. The summed E-state index contributed by atoms with van der Waals surface area (Å²) in [5.74, 6) is -0.721.